The first-order valence-corrected chi connectivity index (χ1v) is 11.6. The van der Waals surface area contributed by atoms with Crippen LogP contribution in [-0.2, 0) is 16.9 Å². The quantitative estimate of drug-likeness (QED) is 0.669. The molecule has 1 heterocycles. The third kappa shape index (κ3) is 6.12. The SMILES string of the molecule is C1CC1.CN(C)C(=O)N1CC[C@H](N=S(=O)=O)[C@@H]1Cc1cccc(-c2cccc(F)c2)c1F. The van der Waals surface area contributed by atoms with E-state index in [0.717, 1.165) is 0 Å². The van der Waals surface area contributed by atoms with Crippen LogP contribution in [-0.4, -0.2) is 57.0 Å². The molecule has 0 N–H and O–H groups in total. The smallest absolute Gasteiger partial charge is 0.319 e. The van der Waals surface area contributed by atoms with Gasteiger partial charge in [-0.3, -0.25) is 0 Å². The Hall–Kier alpha value is -2.81. The number of nitrogens with zero attached hydrogens (tertiary/aromatic N) is 3. The number of halogens is 2. The predicted octanol–water partition coefficient (Wildman–Crippen LogP) is 4.53. The van der Waals surface area contributed by atoms with E-state index in [2.05, 4.69) is 4.36 Å². The summed E-state index contributed by atoms with van der Waals surface area (Å²) in [6.45, 7) is 0.332. The fourth-order valence-electron chi connectivity index (χ4n) is 3.65. The van der Waals surface area contributed by atoms with Crippen molar-refractivity contribution in [3.63, 3.8) is 0 Å². The number of urea groups is 1. The Kier molecular flexibility index (Phi) is 7.95. The van der Waals surface area contributed by atoms with Crippen molar-refractivity contribution in [3.8, 4) is 11.1 Å². The molecule has 0 spiro atoms. The summed E-state index contributed by atoms with van der Waals surface area (Å²) in [6, 6.07) is 8.91. The highest BCUT2D eigenvalue weighted by Crippen LogP contribution is 2.30. The summed E-state index contributed by atoms with van der Waals surface area (Å²) in [5, 5.41) is 0. The monoisotopic (exact) mass is 463 g/mol. The minimum absolute atomic E-state index is 0.0972. The number of hydrogen-bond donors (Lipinski definition) is 0. The molecule has 1 aliphatic carbocycles. The molecule has 172 valence electrons. The Labute approximate surface area is 188 Å². The number of likely N-dealkylation sites (tertiary alicyclic amines) is 1. The van der Waals surface area contributed by atoms with Crippen molar-refractivity contribution >= 4 is 16.5 Å². The van der Waals surface area contributed by atoms with E-state index in [0.29, 0.717) is 24.1 Å². The summed E-state index contributed by atoms with van der Waals surface area (Å²) in [6.07, 6.45) is 4.98. The second-order valence-electron chi connectivity index (χ2n) is 8.17. The molecule has 0 aromatic heterocycles. The van der Waals surface area contributed by atoms with E-state index in [1.807, 2.05) is 0 Å². The van der Waals surface area contributed by atoms with Crippen molar-refractivity contribution in [1.29, 1.82) is 0 Å². The Morgan fingerprint density at radius 1 is 1.12 bits per heavy atom. The first-order chi connectivity index (χ1) is 15.3. The van der Waals surface area contributed by atoms with E-state index in [1.165, 1.54) is 47.3 Å². The second-order valence-corrected chi connectivity index (χ2v) is 8.82. The molecular weight excluding hydrogens is 436 g/mol. The topological polar surface area (TPSA) is 70.1 Å². The lowest BCUT2D eigenvalue weighted by molar-refractivity contribution is 0.163. The fraction of sp³-hybridized carbons (Fsp3) is 0.435. The van der Waals surface area contributed by atoms with E-state index in [4.69, 9.17) is 0 Å². The molecule has 2 aliphatic rings. The number of hydrogen-bond acceptors (Lipinski definition) is 4. The summed E-state index contributed by atoms with van der Waals surface area (Å²) in [7, 11) is 0.569. The molecule has 2 aromatic rings. The summed E-state index contributed by atoms with van der Waals surface area (Å²) < 4.78 is 54.7. The van der Waals surface area contributed by atoms with Gasteiger partial charge in [0.25, 0.3) is 0 Å². The highest BCUT2D eigenvalue weighted by molar-refractivity contribution is 7.61. The Morgan fingerprint density at radius 2 is 1.81 bits per heavy atom. The maximum atomic E-state index is 15.2. The highest BCUT2D eigenvalue weighted by atomic mass is 32.2. The molecule has 6 nitrogen and oxygen atoms in total. The van der Waals surface area contributed by atoms with Gasteiger partial charge in [-0.15, -0.1) is 0 Å². The molecule has 2 atom stereocenters. The number of carbonyl (C=O) groups excluding carboxylic acids is 1. The van der Waals surface area contributed by atoms with Gasteiger partial charge >= 0.3 is 16.5 Å². The van der Waals surface area contributed by atoms with Crippen LogP contribution in [0.2, 0.25) is 0 Å². The van der Waals surface area contributed by atoms with Crippen molar-refractivity contribution < 1.29 is 22.0 Å². The zero-order valence-corrected chi connectivity index (χ0v) is 19.0. The molecule has 2 fully saturated rings. The van der Waals surface area contributed by atoms with Crippen LogP contribution in [0.4, 0.5) is 13.6 Å². The van der Waals surface area contributed by atoms with Crippen LogP contribution in [0.3, 0.4) is 0 Å². The second kappa shape index (κ2) is 10.7. The van der Waals surface area contributed by atoms with E-state index in [1.54, 1.807) is 38.4 Å². The van der Waals surface area contributed by atoms with Gasteiger partial charge in [-0.2, -0.15) is 12.8 Å². The molecule has 0 radical (unpaired) electrons. The largest absolute Gasteiger partial charge is 0.331 e. The van der Waals surface area contributed by atoms with Gasteiger partial charge in [-0.05, 0) is 36.1 Å². The Bertz CT molecular complexity index is 1090. The van der Waals surface area contributed by atoms with Crippen LogP contribution in [0.5, 0.6) is 0 Å². The molecule has 4 rings (SSSR count). The number of amides is 2. The third-order valence-corrected chi connectivity index (χ3v) is 5.80. The van der Waals surface area contributed by atoms with Gasteiger partial charge in [-0.1, -0.05) is 49.6 Å². The lowest BCUT2D eigenvalue weighted by Gasteiger charge is -2.29. The number of carbonyl (C=O) groups is 1. The zero-order chi connectivity index (χ0) is 23.3. The van der Waals surface area contributed by atoms with Crippen LogP contribution in [0, 0.1) is 11.6 Å². The van der Waals surface area contributed by atoms with Crippen molar-refractivity contribution in [1.82, 2.24) is 9.80 Å². The van der Waals surface area contributed by atoms with E-state index < -0.39 is 34.2 Å². The van der Waals surface area contributed by atoms with E-state index in [-0.39, 0.29) is 18.0 Å². The predicted molar refractivity (Wildman–Crippen MR) is 119 cm³/mol. The first-order valence-electron chi connectivity index (χ1n) is 10.6. The van der Waals surface area contributed by atoms with Gasteiger partial charge in [0.2, 0.25) is 0 Å². The van der Waals surface area contributed by atoms with E-state index in [9.17, 15) is 17.6 Å². The molecule has 2 amide bonds. The number of benzene rings is 2. The van der Waals surface area contributed by atoms with Gasteiger partial charge < -0.3 is 9.80 Å². The van der Waals surface area contributed by atoms with Crippen molar-refractivity contribution in [3.05, 3.63) is 59.7 Å². The van der Waals surface area contributed by atoms with Crippen LogP contribution in [0.25, 0.3) is 11.1 Å². The maximum Gasteiger partial charge on any atom is 0.319 e. The molecule has 1 saturated carbocycles. The average molecular weight is 464 g/mol. The molecular formula is C23H27F2N3O3S. The Balaban J connectivity index is 0.000000887. The van der Waals surface area contributed by atoms with Gasteiger partial charge in [0.15, 0.2) is 0 Å². The zero-order valence-electron chi connectivity index (χ0n) is 18.2. The molecule has 1 aliphatic heterocycles. The van der Waals surface area contributed by atoms with Gasteiger partial charge in [0.05, 0.1) is 12.1 Å². The summed E-state index contributed by atoms with van der Waals surface area (Å²) in [5.74, 6) is -0.994. The van der Waals surface area contributed by atoms with Crippen LogP contribution in [0.15, 0.2) is 46.8 Å². The maximum absolute atomic E-state index is 15.2. The Morgan fingerprint density at radius 3 is 2.41 bits per heavy atom. The van der Waals surface area contributed by atoms with Crippen LogP contribution < -0.4 is 0 Å². The fourth-order valence-corrected chi connectivity index (χ4v) is 4.12. The van der Waals surface area contributed by atoms with E-state index >= 15 is 4.39 Å². The lowest BCUT2D eigenvalue weighted by Crippen LogP contribution is -2.45. The minimum atomic E-state index is -2.63. The first kappa shape index (κ1) is 23.8. The minimum Gasteiger partial charge on any atom is -0.331 e. The third-order valence-electron chi connectivity index (χ3n) is 5.36. The molecule has 0 bridgehead atoms. The lowest BCUT2D eigenvalue weighted by atomic mass is 9.96. The molecule has 2 aromatic carbocycles. The molecule has 32 heavy (non-hydrogen) atoms. The highest BCUT2D eigenvalue weighted by Gasteiger charge is 2.38. The molecule has 9 heteroatoms. The van der Waals surface area contributed by atoms with Crippen molar-refractivity contribution in [2.75, 3.05) is 20.6 Å². The average Bonchev–Trinajstić information content (AvgIpc) is 3.58. The van der Waals surface area contributed by atoms with Crippen molar-refractivity contribution in [2.45, 2.75) is 44.2 Å². The summed E-state index contributed by atoms with van der Waals surface area (Å²) in [5.41, 5.74) is 0.956. The normalized spacial score (nSPS) is 19.1. The van der Waals surface area contributed by atoms with Gasteiger partial charge in [0, 0.05) is 26.2 Å². The molecule has 1 saturated heterocycles. The van der Waals surface area contributed by atoms with Crippen LogP contribution >= 0.6 is 0 Å². The number of rotatable bonds is 4. The summed E-state index contributed by atoms with van der Waals surface area (Å²) >= 11 is 0. The standard InChI is InChI=1S/C20H21F2N3O3S.C3H6/c1-24(2)20(26)25-10-9-17(23-29(27)28)18(25)12-14-6-4-8-16(19(14)22)13-5-3-7-15(21)11-13;1-2-3-1/h3-8,11,17-18H,9-10,12H2,1-2H3;1-3H2/t17-,18-;/m0./s1. The van der Waals surface area contributed by atoms with Gasteiger partial charge in [0.1, 0.15) is 11.6 Å². The van der Waals surface area contributed by atoms with Gasteiger partial charge in [-0.25, -0.2) is 13.6 Å². The van der Waals surface area contributed by atoms with Crippen molar-refractivity contribution in [2.24, 2.45) is 4.36 Å². The van der Waals surface area contributed by atoms with Crippen LogP contribution in [0.1, 0.15) is 31.2 Å². The molecule has 0 unspecified atom stereocenters. The summed E-state index contributed by atoms with van der Waals surface area (Å²) in [4.78, 5) is 15.4.